The van der Waals surface area contributed by atoms with Gasteiger partial charge in [0.1, 0.15) is 0 Å². The Kier molecular flexibility index (Phi) is 2.48. The average Bonchev–Trinajstić information content (AvgIpc) is 2.68. The van der Waals surface area contributed by atoms with Crippen molar-refractivity contribution in [2.45, 2.75) is 6.42 Å². The molecule has 0 atom stereocenters. The van der Waals surface area contributed by atoms with Gasteiger partial charge in [0.2, 0.25) is 0 Å². The maximum absolute atomic E-state index is 2.30. The average molecular weight is 316 g/mol. The van der Waals surface area contributed by atoms with Gasteiger partial charge in [-0.3, -0.25) is 0 Å². The van der Waals surface area contributed by atoms with Crippen LogP contribution < -0.4 is 0 Å². The molecule has 1 aliphatic rings. The zero-order chi connectivity index (χ0) is 16.4. The van der Waals surface area contributed by atoms with Crippen molar-refractivity contribution in [2.75, 3.05) is 0 Å². The van der Waals surface area contributed by atoms with Crippen molar-refractivity contribution in [2.24, 2.45) is 0 Å². The van der Waals surface area contributed by atoms with Crippen LogP contribution in [0.5, 0.6) is 0 Å². The molecular weight excluding hydrogens is 300 g/mol. The maximum Gasteiger partial charge on any atom is -0.000683 e. The highest BCUT2D eigenvalue weighted by Gasteiger charge is 2.20. The molecule has 1 aliphatic carbocycles. The summed E-state index contributed by atoms with van der Waals surface area (Å²) in [4.78, 5) is 0. The molecule has 0 amide bonds. The third-order valence-corrected chi connectivity index (χ3v) is 5.65. The summed E-state index contributed by atoms with van der Waals surface area (Å²) in [5.74, 6) is 0. The van der Waals surface area contributed by atoms with Crippen molar-refractivity contribution >= 4 is 32.3 Å². The van der Waals surface area contributed by atoms with Crippen molar-refractivity contribution in [1.29, 1.82) is 0 Å². The molecule has 0 N–H and O–H groups in total. The first-order chi connectivity index (χ1) is 12.4. The second-order valence-electron chi connectivity index (χ2n) is 6.98. The van der Waals surface area contributed by atoms with Crippen LogP contribution >= 0.6 is 0 Å². The first-order valence-corrected chi connectivity index (χ1v) is 8.84. The van der Waals surface area contributed by atoms with Crippen LogP contribution in [0, 0.1) is 0 Å². The van der Waals surface area contributed by atoms with E-state index in [9.17, 15) is 0 Å². The normalized spacial score (nSPS) is 12.6. The van der Waals surface area contributed by atoms with E-state index in [-0.39, 0.29) is 0 Å². The molecule has 0 aliphatic heterocycles. The Morgan fingerprint density at radius 2 is 1.16 bits per heavy atom. The molecule has 0 bridgehead atoms. The van der Waals surface area contributed by atoms with E-state index in [1.54, 1.807) is 0 Å². The van der Waals surface area contributed by atoms with E-state index < -0.39 is 0 Å². The Morgan fingerprint density at radius 3 is 1.96 bits per heavy atom. The van der Waals surface area contributed by atoms with Crippen molar-refractivity contribution < 1.29 is 0 Å². The highest BCUT2D eigenvalue weighted by Crippen LogP contribution is 2.43. The van der Waals surface area contributed by atoms with Crippen LogP contribution in [0.25, 0.3) is 43.4 Å². The molecule has 0 unspecified atom stereocenters. The molecule has 0 saturated heterocycles. The Labute approximate surface area is 146 Å². The lowest BCUT2D eigenvalue weighted by molar-refractivity contribution is 1.23. The zero-order valence-electron chi connectivity index (χ0n) is 13.8. The fraction of sp³-hybridized carbons (Fsp3) is 0.0400. The van der Waals surface area contributed by atoms with Gasteiger partial charge in [0.25, 0.3) is 0 Å². The van der Waals surface area contributed by atoms with Gasteiger partial charge in [-0.2, -0.15) is 0 Å². The molecule has 5 aromatic rings. The predicted octanol–water partition coefficient (Wildman–Crippen LogP) is 6.72. The maximum atomic E-state index is 2.30. The van der Waals surface area contributed by atoms with E-state index in [0.717, 1.165) is 6.42 Å². The van der Waals surface area contributed by atoms with Gasteiger partial charge in [0.15, 0.2) is 0 Å². The molecule has 0 heteroatoms. The lowest BCUT2D eigenvalue weighted by atomic mass is 9.81. The first kappa shape index (κ1) is 13.2. The van der Waals surface area contributed by atoms with Crippen molar-refractivity contribution in [1.82, 2.24) is 0 Å². The van der Waals surface area contributed by atoms with Crippen LogP contribution in [-0.4, -0.2) is 0 Å². The Hall–Kier alpha value is -3.12. The predicted molar refractivity (Wildman–Crippen MR) is 107 cm³/mol. The molecule has 0 nitrogen and oxygen atoms in total. The minimum absolute atomic E-state index is 1.01. The quantitative estimate of drug-likeness (QED) is 0.295. The second-order valence-corrected chi connectivity index (χ2v) is 6.98. The summed E-state index contributed by atoms with van der Waals surface area (Å²) in [7, 11) is 0. The SMILES string of the molecule is c1ccc(-c2ccc3ccc4ccc5cccc6c5c4c3c2C6)cc1. The van der Waals surface area contributed by atoms with Crippen LogP contribution in [0.3, 0.4) is 0 Å². The molecule has 0 saturated carbocycles. The number of rotatable bonds is 1. The molecule has 5 aromatic carbocycles. The largest absolute Gasteiger partial charge is 0.0622 e. The molecule has 6 rings (SSSR count). The summed E-state index contributed by atoms with van der Waals surface area (Å²) in [6.07, 6.45) is 1.01. The molecule has 0 fully saturated rings. The van der Waals surface area contributed by atoms with E-state index in [4.69, 9.17) is 0 Å². The summed E-state index contributed by atoms with van der Waals surface area (Å²) in [5.41, 5.74) is 5.60. The summed E-state index contributed by atoms with van der Waals surface area (Å²) in [5, 5.41) is 8.38. The number of hydrogen-bond acceptors (Lipinski definition) is 0. The van der Waals surface area contributed by atoms with Crippen LogP contribution in [0.2, 0.25) is 0 Å². The van der Waals surface area contributed by atoms with Crippen LogP contribution in [0.1, 0.15) is 11.1 Å². The minimum atomic E-state index is 1.01. The smallest absolute Gasteiger partial charge is 0.000683 e. The van der Waals surface area contributed by atoms with Gasteiger partial charge in [-0.25, -0.2) is 0 Å². The van der Waals surface area contributed by atoms with Crippen molar-refractivity contribution in [3.8, 4) is 11.1 Å². The van der Waals surface area contributed by atoms with Crippen molar-refractivity contribution in [3.63, 3.8) is 0 Å². The van der Waals surface area contributed by atoms with Gasteiger partial charge in [-0.15, -0.1) is 0 Å². The van der Waals surface area contributed by atoms with Crippen LogP contribution in [-0.2, 0) is 6.42 Å². The van der Waals surface area contributed by atoms with Crippen LogP contribution in [0.4, 0.5) is 0 Å². The van der Waals surface area contributed by atoms with Gasteiger partial charge in [0, 0.05) is 0 Å². The third kappa shape index (κ3) is 1.71. The van der Waals surface area contributed by atoms with Gasteiger partial charge < -0.3 is 0 Å². The van der Waals surface area contributed by atoms with E-state index in [0.29, 0.717) is 0 Å². The van der Waals surface area contributed by atoms with E-state index >= 15 is 0 Å². The summed E-state index contributed by atoms with van der Waals surface area (Å²) in [6, 6.07) is 31.2. The summed E-state index contributed by atoms with van der Waals surface area (Å²) >= 11 is 0. The third-order valence-electron chi connectivity index (χ3n) is 5.65. The Morgan fingerprint density at radius 1 is 0.480 bits per heavy atom. The highest BCUT2D eigenvalue weighted by atomic mass is 14.2. The standard InChI is InChI=1S/C25H16/c1-2-5-16(6-3-1)21-14-13-18-10-12-19-11-9-17-7-4-8-20-15-22(21)24(18)25(19)23(17)20/h1-14H,15H2. The summed E-state index contributed by atoms with van der Waals surface area (Å²) in [6.45, 7) is 0. The molecular formula is C25H16. The second kappa shape index (κ2) is 4.70. The van der Waals surface area contributed by atoms with E-state index in [1.165, 1.54) is 54.6 Å². The van der Waals surface area contributed by atoms with Gasteiger partial charge in [-0.1, -0.05) is 84.9 Å². The first-order valence-electron chi connectivity index (χ1n) is 8.84. The van der Waals surface area contributed by atoms with Gasteiger partial charge in [-0.05, 0) is 61.0 Å². The summed E-state index contributed by atoms with van der Waals surface area (Å²) < 4.78 is 0. The van der Waals surface area contributed by atoms with Crippen LogP contribution in [0.15, 0.2) is 84.9 Å². The lowest BCUT2D eigenvalue weighted by Gasteiger charge is -2.22. The number of benzene rings is 5. The monoisotopic (exact) mass is 316 g/mol. The van der Waals surface area contributed by atoms with Gasteiger partial charge in [0.05, 0.1) is 0 Å². The molecule has 0 spiro atoms. The molecule has 0 aromatic heterocycles. The molecule has 0 heterocycles. The zero-order valence-corrected chi connectivity index (χ0v) is 13.8. The number of hydrogen-bond donors (Lipinski definition) is 0. The fourth-order valence-corrected chi connectivity index (χ4v) is 4.57. The fourth-order valence-electron chi connectivity index (χ4n) is 4.57. The highest BCUT2D eigenvalue weighted by molar-refractivity contribution is 6.24. The molecule has 25 heavy (non-hydrogen) atoms. The Bertz CT molecular complexity index is 1290. The minimum Gasteiger partial charge on any atom is -0.0622 e. The van der Waals surface area contributed by atoms with E-state index in [2.05, 4.69) is 84.9 Å². The molecule has 0 radical (unpaired) electrons. The van der Waals surface area contributed by atoms with Crippen molar-refractivity contribution in [3.05, 3.63) is 96.1 Å². The van der Waals surface area contributed by atoms with E-state index in [1.807, 2.05) is 0 Å². The molecule has 116 valence electrons. The Balaban J connectivity index is 1.88. The van der Waals surface area contributed by atoms with Gasteiger partial charge >= 0.3 is 0 Å². The topological polar surface area (TPSA) is 0 Å². The lowest BCUT2D eigenvalue weighted by Crippen LogP contribution is -2.01.